The topological polar surface area (TPSA) is 116 Å². The van der Waals surface area contributed by atoms with Gasteiger partial charge in [-0.1, -0.05) is 12.1 Å². The summed E-state index contributed by atoms with van der Waals surface area (Å²) in [5.41, 5.74) is 8.12. The van der Waals surface area contributed by atoms with Crippen molar-refractivity contribution in [3.05, 3.63) is 69.9 Å². The fraction of sp³-hybridized carbons (Fsp3) is 0.238. The molecule has 0 saturated carbocycles. The van der Waals surface area contributed by atoms with Crippen LogP contribution in [0, 0.1) is 0 Å². The Labute approximate surface area is 176 Å². The summed E-state index contributed by atoms with van der Waals surface area (Å²) < 4.78 is 6.88. The molecule has 4 rings (SSSR count). The Bertz CT molecular complexity index is 1090. The van der Waals surface area contributed by atoms with Crippen LogP contribution >= 0.6 is 11.3 Å². The fourth-order valence-electron chi connectivity index (χ4n) is 3.46. The number of amides is 2. The highest BCUT2D eigenvalue weighted by Gasteiger charge is 2.26. The first-order valence-corrected chi connectivity index (χ1v) is 10.3. The van der Waals surface area contributed by atoms with Crippen molar-refractivity contribution < 1.29 is 19.1 Å². The lowest BCUT2D eigenvalue weighted by Crippen LogP contribution is -2.22. The van der Waals surface area contributed by atoms with E-state index >= 15 is 0 Å². The second kappa shape index (κ2) is 8.50. The maximum absolute atomic E-state index is 12.2. The Morgan fingerprint density at radius 3 is 2.70 bits per heavy atom. The Balaban J connectivity index is 1.33. The van der Waals surface area contributed by atoms with Crippen LogP contribution in [0.5, 0.6) is 0 Å². The van der Waals surface area contributed by atoms with Gasteiger partial charge in [0.25, 0.3) is 11.8 Å². The van der Waals surface area contributed by atoms with E-state index in [1.54, 1.807) is 23.0 Å². The molecular formula is C21H20N4O4S. The highest BCUT2D eigenvalue weighted by Crippen LogP contribution is 2.38. The van der Waals surface area contributed by atoms with Crippen molar-refractivity contribution in [2.75, 3.05) is 11.9 Å². The number of carbonyl (C=O) groups is 3. The summed E-state index contributed by atoms with van der Waals surface area (Å²) in [4.78, 5) is 37.3. The molecule has 154 valence electrons. The zero-order valence-electron chi connectivity index (χ0n) is 16.1. The summed E-state index contributed by atoms with van der Waals surface area (Å²) in [5, 5.41) is 7.22. The molecular weight excluding hydrogens is 404 g/mol. The van der Waals surface area contributed by atoms with Gasteiger partial charge >= 0.3 is 5.97 Å². The van der Waals surface area contributed by atoms with Gasteiger partial charge in [-0.2, -0.15) is 5.10 Å². The monoisotopic (exact) mass is 424 g/mol. The predicted octanol–water partition coefficient (Wildman–Crippen LogP) is 2.38. The maximum Gasteiger partial charge on any atom is 0.338 e. The summed E-state index contributed by atoms with van der Waals surface area (Å²) in [7, 11) is 0. The number of primary amides is 1. The molecule has 0 atom stereocenters. The zero-order chi connectivity index (χ0) is 21.1. The van der Waals surface area contributed by atoms with E-state index in [1.165, 1.54) is 11.3 Å². The van der Waals surface area contributed by atoms with Crippen molar-refractivity contribution in [1.29, 1.82) is 0 Å². The number of aryl methyl sites for hydroxylation is 1. The number of ether oxygens (including phenoxy) is 1. The quantitative estimate of drug-likeness (QED) is 0.565. The Morgan fingerprint density at radius 1 is 1.20 bits per heavy atom. The van der Waals surface area contributed by atoms with E-state index in [0.29, 0.717) is 22.7 Å². The van der Waals surface area contributed by atoms with Gasteiger partial charge in [0.05, 0.1) is 17.7 Å². The molecule has 2 aromatic heterocycles. The number of hydrogen-bond acceptors (Lipinski definition) is 6. The second-order valence-electron chi connectivity index (χ2n) is 6.95. The summed E-state index contributed by atoms with van der Waals surface area (Å²) in [6.07, 6.45) is 6.20. The van der Waals surface area contributed by atoms with E-state index in [0.717, 1.165) is 35.3 Å². The number of anilines is 1. The molecule has 0 spiro atoms. The summed E-state index contributed by atoms with van der Waals surface area (Å²) >= 11 is 1.36. The number of nitrogens with zero attached hydrogens (tertiary/aromatic N) is 2. The Kier molecular flexibility index (Phi) is 5.62. The van der Waals surface area contributed by atoms with E-state index in [1.807, 2.05) is 24.4 Å². The number of thiophene rings is 1. The molecule has 1 aliphatic carbocycles. The first kappa shape index (κ1) is 19.8. The molecule has 8 nitrogen and oxygen atoms in total. The van der Waals surface area contributed by atoms with E-state index in [-0.39, 0.29) is 0 Å². The summed E-state index contributed by atoms with van der Waals surface area (Å²) in [6, 6.07) is 8.75. The second-order valence-corrected chi connectivity index (χ2v) is 8.06. The average molecular weight is 424 g/mol. The third kappa shape index (κ3) is 4.25. The van der Waals surface area contributed by atoms with E-state index in [4.69, 9.17) is 10.5 Å². The molecule has 0 aliphatic heterocycles. The van der Waals surface area contributed by atoms with E-state index < -0.39 is 24.4 Å². The van der Waals surface area contributed by atoms with Crippen LogP contribution < -0.4 is 11.1 Å². The number of rotatable bonds is 7. The van der Waals surface area contributed by atoms with Crippen LogP contribution in [-0.4, -0.2) is 34.2 Å². The van der Waals surface area contributed by atoms with Crippen molar-refractivity contribution in [2.45, 2.75) is 25.8 Å². The van der Waals surface area contributed by atoms with Gasteiger partial charge in [-0.25, -0.2) is 4.79 Å². The third-order valence-electron chi connectivity index (χ3n) is 4.85. The van der Waals surface area contributed by atoms with Crippen LogP contribution in [-0.2, 0) is 28.9 Å². The molecule has 0 unspecified atom stereocenters. The molecule has 1 aliphatic rings. The van der Waals surface area contributed by atoms with Crippen LogP contribution in [0.2, 0.25) is 0 Å². The fourth-order valence-corrected chi connectivity index (χ4v) is 4.77. The molecule has 0 fully saturated rings. The molecule has 0 radical (unpaired) electrons. The molecule has 1 aromatic carbocycles. The number of hydrogen-bond donors (Lipinski definition) is 2. The van der Waals surface area contributed by atoms with Crippen LogP contribution in [0.15, 0.2) is 42.7 Å². The summed E-state index contributed by atoms with van der Waals surface area (Å²) in [6.45, 7) is 0.145. The number of fused-ring (bicyclic) bond motifs is 1. The lowest BCUT2D eigenvalue weighted by molar-refractivity contribution is -0.119. The minimum atomic E-state index is -0.598. The minimum Gasteiger partial charge on any atom is -0.452 e. The maximum atomic E-state index is 12.2. The van der Waals surface area contributed by atoms with Crippen LogP contribution in [0.4, 0.5) is 5.00 Å². The highest BCUT2D eigenvalue weighted by molar-refractivity contribution is 7.17. The molecule has 9 heteroatoms. The van der Waals surface area contributed by atoms with Crippen LogP contribution in [0.25, 0.3) is 0 Å². The molecule has 0 bridgehead atoms. The van der Waals surface area contributed by atoms with Crippen molar-refractivity contribution in [2.24, 2.45) is 5.73 Å². The minimum absolute atomic E-state index is 0.347. The Morgan fingerprint density at radius 2 is 2.00 bits per heavy atom. The van der Waals surface area contributed by atoms with Gasteiger partial charge in [-0.3, -0.25) is 14.3 Å². The first-order chi connectivity index (χ1) is 14.5. The van der Waals surface area contributed by atoms with Gasteiger partial charge in [-0.15, -0.1) is 11.3 Å². The normalized spacial score (nSPS) is 12.4. The predicted molar refractivity (Wildman–Crippen MR) is 112 cm³/mol. The number of esters is 1. The van der Waals surface area contributed by atoms with Gasteiger partial charge in [0.15, 0.2) is 6.61 Å². The number of aromatic nitrogens is 2. The van der Waals surface area contributed by atoms with Gasteiger partial charge in [-0.05, 0) is 48.6 Å². The molecule has 3 aromatic rings. The number of nitrogens with two attached hydrogens (primary N) is 1. The van der Waals surface area contributed by atoms with Crippen LogP contribution in [0.1, 0.15) is 43.1 Å². The van der Waals surface area contributed by atoms with Gasteiger partial charge < -0.3 is 15.8 Å². The molecule has 2 amide bonds. The third-order valence-corrected chi connectivity index (χ3v) is 6.06. The zero-order valence-corrected chi connectivity index (χ0v) is 16.9. The molecule has 2 heterocycles. The van der Waals surface area contributed by atoms with E-state index in [2.05, 4.69) is 10.4 Å². The molecule has 3 N–H and O–H groups in total. The standard InChI is InChI=1S/C21H20N4O4S/c22-19(27)18-15-3-1-4-16(15)30-20(18)24-17(26)12-29-21(28)14-7-5-13(6-8-14)11-25-10-2-9-23-25/h2,5-10H,1,3-4,11-12H2,(H2,22,27)(H,24,26). The summed E-state index contributed by atoms with van der Waals surface area (Å²) in [5.74, 6) is -1.67. The molecule has 0 saturated heterocycles. The largest absolute Gasteiger partial charge is 0.452 e. The van der Waals surface area contributed by atoms with Gasteiger partial charge in [0.1, 0.15) is 5.00 Å². The SMILES string of the molecule is NC(=O)c1c(NC(=O)COC(=O)c2ccc(Cn3cccn3)cc2)sc2c1CCC2. The van der Waals surface area contributed by atoms with Crippen molar-refractivity contribution in [3.8, 4) is 0 Å². The number of nitrogens with one attached hydrogen (secondary N) is 1. The average Bonchev–Trinajstić information content (AvgIpc) is 3.44. The lowest BCUT2D eigenvalue weighted by atomic mass is 10.1. The number of benzene rings is 1. The Hall–Kier alpha value is -3.46. The first-order valence-electron chi connectivity index (χ1n) is 9.49. The van der Waals surface area contributed by atoms with Gasteiger partial charge in [0, 0.05) is 17.3 Å². The van der Waals surface area contributed by atoms with Crippen molar-refractivity contribution >= 4 is 34.1 Å². The number of carbonyl (C=O) groups excluding carboxylic acids is 3. The smallest absolute Gasteiger partial charge is 0.338 e. The highest BCUT2D eigenvalue weighted by atomic mass is 32.1. The van der Waals surface area contributed by atoms with Crippen LogP contribution in [0.3, 0.4) is 0 Å². The molecule has 30 heavy (non-hydrogen) atoms. The van der Waals surface area contributed by atoms with Crippen molar-refractivity contribution in [3.63, 3.8) is 0 Å². The van der Waals surface area contributed by atoms with E-state index in [9.17, 15) is 14.4 Å². The van der Waals surface area contributed by atoms with Crippen molar-refractivity contribution in [1.82, 2.24) is 9.78 Å². The van der Waals surface area contributed by atoms with Gasteiger partial charge in [0.2, 0.25) is 0 Å². The lowest BCUT2D eigenvalue weighted by Gasteiger charge is -2.08.